The van der Waals surface area contributed by atoms with Crippen molar-refractivity contribution in [2.24, 2.45) is 11.8 Å². The predicted molar refractivity (Wildman–Crippen MR) is 233 cm³/mol. The fourth-order valence-corrected chi connectivity index (χ4v) is 11.7. The van der Waals surface area contributed by atoms with E-state index in [2.05, 4.69) is 158 Å². The summed E-state index contributed by atoms with van der Waals surface area (Å²) in [6.07, 6.45) is 12.4. The van der Waals surface area contributed by atoms with E-state index in [9.17, 15) is 0 Å². The zero-order valence-corrected chi connectivity index (χ0v) is 32.4. The van der Waals surface area contributed by atoms with E-state index in [-0.39, 0.29) is 5.41 Å². The van der Waals surface area contributed by atoms with Crippen LogP contribution in [0, 0.1) is 11.8 Å². The zero-order valence-electron chi connectivity index (χ0n) is 32.4. The third-order valence-corrected chi connectivity index (χ3v) is 14.5. The molecule has 0 saturated heterocycles. The molecular weight excluding hydrogens is 663 g/mol. The molecule has 2 bridgehead atoms. The topological polar surface area (TPSA) is 3.24 Å². The first kappa shape index (κ1) is 33.2. The number of nitrogens with zero attached hydrogens (tertiary/aromatic N) is 1. The molecule has 11 rings (SSSR count). The lowest BCUT2D eigenvalue weighted by Crippen LogP contribution is -2.18. The van der Waals surface area contributed by atoms with Crippen LogP contribution in [0.4, 0.5) is 17.1 Å². The van der Waals surface area contributed by atoms with Crippen molar-refractivity contribution in [1.82, 2.24) is 0 Å². The summed E-state index contributed by atoms with van der Waals surface area (Å²) >= 11 is 0. The molecule has 3 atom stereocenters. The van der Waals surface area contributed by atoms with Crippen molar-refractivity contribution in [3.8, 4) is 22.3 Å². The van der Waals surface area contributed by atoms with Gasteiger partial charge in [-0.3, -0.25) is 0 Å². The van der Waals surface area contributed by atoms with Crippen molar-refractivity contribution in [3.05, 3.63) is 162 Å². The van der Waals surface area contributed by atoms with Crippen LogP contribution in [-0.4, -0.2) is 0 Å². The summed E-state index contributed by atoms with van der Waals surface area (Å²) < 4.78 is 0. The molecule has 0 spiro atoms. The molecule has 3 unspecified atom stereocenters. The van der Waals surface area contributed by atoms with Gasteiger partial charge < -0.3 is 4.90 Å². The van der Waals surface area contributed by atoms with Crippen LogP contribution in [0.25, 0.3) is 43.8 Å². The fraction of sp³-hybridized carbons (Fsp3) is 0.296. The number of hydrogen-bond donors (Lipinski definition) is 0. The summed E-state index contributed by atoms with van der Waals surface area (Å²) in [6, 6.07) is 54.0. The van der Waals surface area contributed by atoms with Crippen LogP contribution in [0.3, 0.4) is 0 Å². The molecule has 0 heterocycles. The minimum atomic E-state index is -0.173. The highest BCUT2D eigenvalue weighted by molar-refractivity contribution is 6.00. The maximum Gasteiger partial charge on any atom is 0.0540 e. The summed E-state index contributed by atoms with van der Waals surface area (Å²) in [7, 11) is 0. The van der Waals surface area contributed by atoms with Crippen LogP contribution in [0.15, 0.2) is 140 Å². The van der Waals surface area contributed by atoms with E-state index in [0.29, 0.717) is 5.92 Å². The maximum atomic E-state index is 2.55. The zero-order chi connectivity index (χ0) is 36.7. The molecule has 1 nitrogen and oxygen atoms in total. The number of benzene rings is 7. The Hall–Kier alpha value is -5.14. The van der Waals surface area contributed by atoms with Crippen molar-refractivity contribution < 1.29 is 0 Å². The molecule has 0 amide bonds. The van der Waals surface area contributed by atoms with Crippen molar-refractivity contribution in [1.29, 1.82) is 0 Å². The van der Waals surface area contributed by atoms with E-state index in [1.807, 2.05) is 0 Å². The van der Waals surface area contributed by atoms with Gasteiger partial charge in [-0.15, -0.1) is 0 Å². The first-order chi connectivity index (χ1) is 27.0. The summed E-state index contributed by atoms with van der Waals surface area (Å²) in [5.74, 6) is 3.24. The Bertz CT molecular complexity index is 2580. The SMILES string of the molecule is CC1(C)c2cc(N(c3ccc(C4CC5CCC4C5)cc3)c3cccc4cc(C5CCCCC5)ccc34)ccc2-c2cccc(-c3ccc4ccccc4c3)c21. The molecule has 3 fully saturated rings. The van der Waals surface area contributed by atoms with E-state index in [1.165, 1.54) is 141 Å². The minimum absolute atomic E-state index is 0.173. The van der Waals surface area contributed by atoms with Gasteiger partial charge in [0.1, 0.15) is 0 Å². The molecule has 272 valence electrons. The average molecular weight is 714 g/mol. The van der Waals surface area contributed by atoms with Gasteiger partial charge >= 0.3 is 0 Å². The molecule has 0 radical (unpaired) electrons. The summed E-state index contributed by atoms with van der Waals surface area (Å²) in [4.78, 5) is 2.55. The van der Waals surface area contributed by atoms with Crippen molar-refractivity contribution in [3.63, 3.8) is 0 Å². The lowest BCUT2D eigenvalue weighted by Gasteiger charge is -2.30. The molecule has 7 aromatic rings. The van der Waals surface area contributed by atoms with Crippen LogP contribution in [-0.2, 0) is 5.41 Å². The van der Waals surface area contributed by atoms with Crippen LogP contribution in [0.5, 0.6) is 0 Å². The molecule has 3 saturated carbocycles. The Morgan fingerprint density at radius 2 is 1.29 bits per heavy atom. The van der Waals surface area contributed by atoms with Crippen LogP contribution in [0.1, 0.15) is 106 Å². The van der Waals surface area contributed by atoms with E-state index < -0.39 is 0 Å². The van der Waals surface area contributed by atoms with E-state index in [0.717, 1.165) is 17.8 Å². The summed E-state index contributed by atoms with van der Waals surface area (Å²) in [5, 5.41) is 5.24. The second kappa shape index (κ2) is 13.0. The molecule has 7 aromatic carbocycles. The largest absolute Gasteiger partial charge is 0.310 e. The highest BCUT2D eigenvalue weighted by Crippen LogP contribution is 2.55. The second-order valence-corrected chi connectivity index (χ2v) is 17.9. The smallest absolute Gasteiger partial charge is 0.0540 e. The average Bonchev–Trinajstić information content (AvgIpc) is 3.94. The van der Waals surface area contributed by atoms with Crippen molar-refractivity contribution >= 4 is 38.6 Å². The van der Waals surface area contributed by atoms with Gasteiger partial charge in [-0.25, -0.2) is 0 Å². The normalized spacial score (nSPS) is 21.2. The number of rotatable bonds is 6. The Balaban J connectivity index is 1.03. The van der Waals surface area contributed by atoms with Crippen LogP contribution < -0.4 is 4.90 Å². The summed E-state index contributed by atoms with van der Waals surface area (Å²) in [5.41, 5.74) is 14.8. The third-order valence-electron chi connectivity index (χ3n) is 14.5. The van der Waals surface area contributed by atoms with Crippen LogP contribution >= 0.6 is 0 Å². The highest BCUT2D eigenvalue weighted by Gasteiger charge is 2.41. The molecular formula is C54H51N. The van der Waals surface area contributed by atoms with Gasteiger partial charge in [-0.2, -0.15) is 0 Å². The first-order valence-corrected chi connectivity index (χ1v) is 21.2. The lowest BCUT2D eigenvalue weighted by molar-refractivity contribution is 0.420. The van der Waals surface area contributed by atoms with E-state index >= 15 is 0 Å². The monoisotopic (exact) mass is 713 g/mol. The van der Waals surface area contributed by atoms with Gasteiger partial charge in [-0.05, 0) is 153 Å². The Morgan fingerprint density at radius 3 is 2.11 bits per heavy atom. The standard InChI is InChI=1S/C54H51N/c1-54(2)51-34-45(27-29-48(51)49-16-9-15-47(53(49)54)43-21-20-37-12-6-7-13-39(37)32-43)55(44-25-22-38(23-26-44)50-31-35-18-19-42(50)30-35)52-17-8-14-41-33-40(24-28-46(41)52)36-10-4-3-5-11-36/h6-9,12-17,20-29,32-36,42,50H,3-5,10-11,18-19,30-31H2,1-2H3. The predicted octanol–water partition coefficient (Wildman–Crippen LogP) is 15.4. The number of fused-ring (bicyclic) bond motifs is 7. The second-order valence-electron chi connectivity index (χ2n) is 17.9. The molecule has 0 N–H and O–H groups in total. The Kier molecular flexibility index (Phi) is 7.84. The van der Waals surface area contributed by atoms with E-state index in [4.69, 9.17) is 0 Å². The van der Waals surface area contributed by atoms with Crippen molar-refractivity contribution in [2.75, 3.05) is 4.90 Å². The fourth-order valence-electron chi connectivity index (χ4n) is 11.7. The third kappa shape index (κ3) is 5.48. The Labute approximate surface area is 327 Å². The quantitative estimate of drug-likeness (QED) is 0.166. The highest BCUT2D eigenvalue weighted by atomic mass is 15.1. The molecule has 4 aliphatic carbocycles. The van der Waals surface area contributed by atoms with Crippen LogP contribution in [0.2, 0.25) is 0 Å². The van der Waals surface area contributed by atoms with Gasteiger partial charge in [0.2, 0.25) is 0 Å². The lowest BCUT2D eigenvalue weighted by atomic mass is 9.78. The molecule has 1 heteroatoms. The molecule has 4 aliphatic rings. The van der Waals surface area contributed by atoms with E-state index in [1.54, 1.807) is 0 Å². The van der Waals surface area contributed by atoms with Gasteiger partial charge in [0.15, 0.2) is 0 Å². The molecule has 0 aromatic heterocycles. The minimum Gasteiger partial charge on any atom is -0.310 e. The maximum absolute atomic E-state index is 2.55. The Morgan fingerprint density at radius 1 is 0.527 bits per heavy atom. The number of hydrogen-bond acceptors (Lipinski definition) is 1. The first-order valence-electron chi connectivity index (χ1n) is 21.2. The van der Waals surface area contributed by atoms with Gasteiger partial charge in [0, 0.05) is 22.2 Å². The van der Waals surface area contributed by atoms with Crippen molar-refractivity contribution in [2.45, 2.75) is 88.9 Å². The summed E-state index contributed by atoms with van der Waals surface area (Å²) in [6.45, 7) is 4.87. The molecule has 55 heavy (non-hydrogen) atoms. The van der Waals surface area contributed by atoms with Gasteiger partial charge in [0.25, 0.3) is 0 Å². The van der Waals surface area contributed by atoms with Gasteiger partial charge in [-0.1, -0.05) is 143 Å². The van der Waals surface area contributed by atoms with Gasteiger partial charge in [0.05, 0.1) is 5.69 Å². The number of anilines is 3. The molecule has 0 aliphatic heterocycles.